The van der Waals surface area contributed by atoms with E-state index in [-0.39, 0.29) is 0 Å². The van der Waals surface area contributed by atoms with Crippen LogP contribution in [0, 0.1) is 0 Å². The Kier molecular flexibility index (Phi) is 3.03. The van der Waals surface area contributed by atoms with Crippen molar-refractivity contribution in [2.24, 2.45) is 0 Å². The fraction of sp³-hybridized carbons (Fsp3) is 0.100. The molecule has 0 fully saturated rings. The van der Waals surface area contributed by atoms with Crippen LogP contribution in [0.15, 0.2) is 41.1 Å². The summed E-state index contributed by atoms with van der Waals surface area (Å²) >= 11 is 6.78. The number of alkyl halides is 1. The first-order valence-electron chi connectivity index (χ1n) is 4.15. The van der Waals surface area contributed by atoms with Crippen molar-refractivity contribution < 1.29 is 0 Å². The third-order valence-electron chi connectivity index (χ3n) is 1.91. The zero-order valence-corrected chi connectivity index (χ0v) is 10.5. The van der Waals surface area contributed by atoms with Crippen LogP contribution in [0.25, 0.3) is 5.69 Å². The molecule has 0 N–H and O–H groups in total. The molecule has 0 aliphatic rings. The summed E-state index contributed by atoms with van der Waals surface area (Å²) in [5.74, 6) is 0. The molecule has 2 aromatic rings. The Balaban J connectivity index is 2.33. The van der Waals surface area contributed by atoms with Gasteiger partial charge in [0, 0.05) is 11.5 Å². The lowest BCUT2D eigenvalue weighted by Gasteiger charge is -2.01. The molecular weight excluding hydrogens is 308 g/mol. The molecule has 0 spiro atoms. The third kappa shape index (κ3) is 2.07. The van der Waals surface area contributed by atoms with Gasteiger partial charge in [-0.1, -0.05) is 28.1 Å². The van der Waals surface area contributed by atoms with E-state index in [1.165, 1.54) is 5.56 Å². The minimum atomic E-state index is 0.885. The number of rotatable bonds is 2. The van der Waals surface area contributed by atoms with Gasteiger partial charge < -0.3 is 0 Å². The lowest BCUT2D eigenvalue weighted by Crippen LogP contribution is -1.93. The third-order valence-corrected chi connectivity index (χ3v) is 2.96. The van der Waals surface area contributed by atoms with Gasteiger partial charge in [-0.15, -0.1) is 0 Å². The number of halogens is 2. The summed E-state index contributed by atoms with van der Waals surface area (Å²) in [6.07, 6.45) is 3.71. The molecule has 4 heteroatoms. The molecule has 0 aliphatic heterocycles. The van der Waals surface area contributed by atoms with Crippen molar-refractivity contribution in [3.63, 3.8) is 0 Å². The SMILES string of the molecule is BrCc1ccc(-n2cc(Br)cn2)cc1. The molecule has 0 amide bonds. The zero-order chi connectivity index (χ0) is 9.97. The van der Waals surface area contributed by atoms with E-state index in [9.17, 15) is 0 Å². The Morgan fingerprint density at radius 3 is 2.43 bits per heavy atom. The number of hydrogen-bond acceptors (Lipinski definition) is 1. The van der Waals surface area contributed by atoms with E-state index in [0.29, 0.717) is 0 Å². The summed E-state index contributed by atoms with van der Waals surface area (Å²) in [4.78, 5) is 0. The molecule has 2 nitrogen and oxygen atoms in total. The molecule has 0 radical (unpaired) electrons. The normalized spacial score (nSPS) is 10.4. The van der Waals surface area contributed by atoms with E-state index in [4.69, 9.17) is 0 Å². The predicted molar refractivity (Wildman–Crippen MR) is 63.9 cm³/mol. The first kappa shape index (κ1) is 9.93. The van der Waals surface area contributed by atoms with E-state index in [1.54, 1.807) is 6.20 Å². The van der Waals surface area contributed by atoms with Crippen LogP contribution in [-0.4, -0.2) is 9.78 Å². The van der Waals surface area contributed by atoms with Gasteiger partial charge in [-0.2, -0.15) is 5.10 Å². The van der Waals surface area contributed by atoms with Crippen molar-refractivity contribution in [2.75, 3.05) is 0 Å². The molecule has 0 bridgehead atoms. The fourth-order valence-electron chi connectivity index (χ4n) is 1.18. The number of aromatic nitrogens is 2. The molecule has 1 aromatic heterocycles. The largest absolute Gasteiger partial charge is 0.240 e. The number of hydrogen-bond donors (Lipinski definition) is 0. The van der Waals surface area contributed by atoms with E-state index in [2.05, 4.69) is 61.2 Å². The Labute approximate surface area is 99.2 Å². The molecular formula is C10H8Br2N2. The van der Waals surface area contributed by atoms with Crippen LogP contribution in [0.3, 0.4) is 0 Å². The summed E-state index contributed by atoms with van der Waals surface area (Å²) < 4.78 is 2.82. The zero-order valence-electron chi connectivity index (χ0n) is 7.32. The minimum absolute atomic E-state index is 0.885. The summed E-state index contributed by atoms with van der Waals surface area (Å²) in [5.41, 5.74) is 2.33. The highest BCUT2D eigenvalue weighted by Gasteiger charge is 1.98. The Bertz CT molecular complexity index is 420. The van der Waals surface area contributed by atoms with E-state index >= 15 is 0 Å². The maximum atomic E-state index is 4.20. The van der Waals surface area contributed by atoms with Crippen molar-refractivity contribution in [3.05, 3.63) is 46.7 Å². The van der Waals surface area contributed by atoms with Crippen LogP contribution in [0.4, 0.5) is 0 Å². The lowest BCUT2D eigenvalue weighted by atomic mass is 10.2. The second kappa shape index (κ2) is 4.28. The molecule has 1 aromatic carbocycles. The summed E-state index contributed by atoms with van der Waals surface area (Å²) in [6, 6.07) is 8.27. The Morgan fingerprint density at radius 2 is 1.93 bits per heavy atom. The molecule has 2 rings (SSSR count). The molecule has 0 unspecified atom stereocenters. The Morgan fingerprint density at radius 1 is 1.21 bits per heavy atom. The van der Waals surface area contributed by atoms with Gasteiger partial charge in [0.05, 0.1) is 16.4 Å². The highest BCUT2D eigenvalue weighted by atomic mass is 79.9. The smallest absolute Gasteiger partial charge is 0.0646 e. The topological polar surface area (TPSA) is 17.8 Å². The van der Waals surface area contributed by atoms with Crippen molar-refractivity contribution >= 4 is 31.9 Å². The van der Waals surface area contributed by atoms with Crippen LogP contribution in [0.1, 0.15) is 5.56 Å². The highest BCUT2D eigenvalue weighted by Crippen LogP contribution is 2.14. The van der Waals surface area contributed by atoms with Crippen LogP contribution in [-0.2, 0) is 5.33 Å². The van der Waals surface area contributed by atoms with Gasteiger partial charge in [-0.25, -0.2) is 4.68 Å². The number of benzene rings is 1. The second-order valence-corrected chi connectivity index (χ2v) is 4.38. The van der Waals surface area contributed by atoms with Crippen LogP contribution < -0.4 is 0 Å². The van der Waals surface area contributed by atoms with Crippen LogP contribution >= 0.6 is 31.9 Å². The quantitative estimate of drug-likeness (QED) is 0.775. The highest BCUT2D eigenvalue weighted by molar-refractivity contribution is 9.10. The van der Waals surface area contributed by atoms with Gasteiger partial charge in [0.25, 0.3) is 0 Å². The molecule has 72 valence electrons. The van der Waals surface area contributed by atoms with Gasteiger partial charge in [0.2, 0.25) is 0 Å². The van der Waals surface area contributed by atoms with Gasteiger partial charge in [-0.05, 0) is 33.6 Å². The summed E-state index contributed by atoms with van der Waals surface area (Å²) in [6.45, 7) is 0. The Hall–Kier alpha value is -0.610. The van der Waals surface area contributed by atoms with Gasteiger partial charge in [-0.3, -0.25) is 0 Å². The van der Waals surface area contributed by atoms with Crippen LogP contribution in [0.2, 0.25) is 0 Å². The standard InChI is InChI=1S/C10H8Br2N2/c11-5-8-1-3-10(4-2-8)14-7-9(12)6-13-14/h1-4,6-7H,5H2. The monoisotopic (exact) mass is 314 g/mol. The molecule has 0 saturated heterocycles. The first-order chi connectivity index (χ1) is 6.79. The average molecular weight is 316 g/mol. The van der Waals surface area contributed by atoms with E-state index < -0.39 is 0 Å². The van der Waals surface area contributed by atoms with Gasteiger partial charge >= 0.3 is 0 Å². The van der Waals surface area contributed by atoms with Gasteiger partial charge in [0.1, 0.15) is 0 Å². The van der Waals surface area contributed by atoms with Gasteiger partial charge in [0.15, 0.2) is 0 Å². The maximum Gasteiger partial charge on any atom is 0.0646 e. The molecule has 1 heterocycles. The fourth-order valence-corrected chi connectivity index (χ4v) is 1.84. The predicted octanol–water partition coefficient (Wildman–Crippen LogP) is 3.53. The van der Waals surface area contributed by atoms with Crippen molar-refractivity contribution in [1.29, 1.82) is 0 Å². The van der Waals surface area contributed by atoms with Crippen molar-refractivity contribution in [1.82, 2.24) is 9.78 Å². The lowest BCUT2D eigenvalue weighted by molar-refractivity contribution is 0.880. The van der Waals surface area contributed by atoms with E-state index in [0.717, 1.165) is 15.5 Å². The van der Waals surface area contributed by atoms with Crippen molar-refractivity contribution in [2.45, 2.75) is 5.33 Å². The molecule has 0 saturated carbocycles. The van der Waals surface area contributed by atoms with Crippen LogP contribution in [0.5, 0.6) is 0 Å². The molecule has 14 heavy (non-hydrogen) atoms. The molecule has 0 atom stereocenters. The van der Waals surface area contributed by atoms with Crippen molar-refractivity contribution in [3.8, 4) is 5.69 Å². The molecule has 0 aliphatic carbocycles. The second-order valence-electron chi connectivity index (χ2n) is 2.90. The summed E-state index contributed by atoms with van der Waals surface area (Å²) in [5, 5.41) is 5.08. The average Bonchev–Trinajstić information content (AvgIpc) is 2.65. The maximum absolute atomic E-state index is 4.20. The first-order valence-corrected chi connectivity index (χ1v) is 6.06. The minimum Gasteiger partial charge on any atom is -0.240 e. The van der Waals surface area contributed by atoms with E-state index in [1.807, 2.05) is 10.9 Å². The number of nitrogens with zero attached hydrogens (tertiary/aromatic N) is 2. The summed E-state index contributed by atoms with van der Waals surface area (Å²) in [7, 11) is 0.